The fourth-order valence-electron chi connectivity index (χ4n) is 4.21. The molecule has 3 heterocycles. The summed E-state index contributed by atoms with van der Waals surface area (Å²) in [5, 5.41) is 12.0. The number of carbonyl (C=O) groups excluding carboxylic acids is 1. The number of benzene rings is 2. The molecule has 37 heavy (non-hydrogen) atoms. The van der Waals surface area contributed by atoms with Gasteiger partial charge in [-0.25, -0.2) is 22.2 Å². The van der Waals surface area contributed by atoms with Crippen LogP contribution in [0.15, 0.2) is 84.0 Å². The van der Waals surface area contributed by atoms with Crippen molar-refractivity contribution in [3.63, 3.8) is 0 Å². The van der Waals surface area contributed by atoms with Gasteiger partial charge in [0.1, 0.15) is 0 Å². The number of ether oxygens (including phenoxy) is 1. The Bertz CT molecular complexity index is 1790. The molecule has 0 saturated heterocycles. The third kappa shape index (κ3) is 4.04. The normalized spacial score (nSPS) is 11.5. The van der Waals surface area contributed by atoms with Gasteiger partial charge in [-0.1, -0.05) is 30.3 Å². The molecule has 0 atom stereocenters. The molecule has 1 N–H and O–H groups in total. The number of hydrogen-bond acceptors (Lipinski definition) is 7. The van der Waals surface area contributed by atoms with E-state index in [-0.39, 0.29) is 21.8 Å². The van der Waals surface area contributed by atoms with Crippen LogP contribution in [-0.4, -0.2) is 40.4 Å². The van der Waals surface area contributed by atoms with E-state index in [2.05, 4.69) is 9.97 Å². The molecule has 5 rings (SSSR count). The zero-order valence-electron chi connectivity index (χ0n) is 19.7. The Morgan fingerprint density at radius 1 is 1.08 bits per heavy atom. The summed E-state index contributed by atoms with van der Waals surface area (Å²) in [4.78, 5) is 31.2. The van der Waals surface area contributed by atoms with Crippen molar-refractivity contribution in [1.82, 2.24) is 13.9 Å². The standard InChI is InChI=1S/C26H20N4O6S/c1-16-8-9-17(14-23(16)30(32)33)24-21(26(31)36-2)15-22(28-24)19-10-12-27-25-20(19)11-13-29(25)37(34,35)18-6-4-3-5-7-18/h3-15,28H,1-2H3. The highest BCUT2D eigenvalue weighted by Gasteiger charge is 2.24. The maximum Gasteiger partial charge on any atom is 0.340 e. The molecule has 3 aromatic heterocycles. The molecule has 10 nitrogen and oxygen atoms in total. The Labute approximate surface area is 211 Å². The summed E-state index contributed by atoms with van der Waals surface area (Å²) in [6.45, 7) is 1.63. The van der Waals surface area contributed by atoms with Gasteiger partial charge in [-0.2, -0.15) is 0 Å². The van der Waals surface area contributed by atoms with Crippen LogP contribution in [0.1, 0.15) is 15.9 Å². The summed E-state index contributed by atoms with van der Waals surface area (Å²) < 4.78 is 32.5. The van der Waals surface area contributed by atoms with Gasteiger partial charge in [0.15, 0.2) is 5.65 Å². The number of nitrogens with one attached hydrogen (secondary N) is 1. The molecule has 0 aliphatic heterocycles. The number of nitrogens with zero attached hydrogens (tertiary/aromatic N) is 3. The van der Waals surface area contributed by atoms with Gasteiger partial charge in [0.25, 0.3) is 15.7 Å². The summed E-state index contributed by atoms with van der Waals surface area (Å²) in [5.41, 5.74) is 2.63. The second-order valence-corrected chi connectivity index (χ2v) is 10.1. The van der Waals surface area contributed by atoms with Gasteiger partial charge in [-0.05, 0) is 37.3 Å². The molecule has 0 aliphatic rings. The topological polar surface area (TPSA) is 137 Å². The lowest BCUT2D eigenvalue weighted by molar-refractivity contribution is -0.385. The van der Waals surface area contributed by atoms with E-state index in [1.807, 2.05) is 0 Å². The Kier molecular flexibility index (Phi) is 5.84. The molecule has 0 bridgehead atoms. The van der Waals surface area contributed by atoms with E-state index in [1.54, 1.807) is 55.5 Å². The minimum Gasteiger partial charge on any atom is -0.465 e. The Balaban J connectivity index is 1.68. The number of rotatable bonds is 6. The number of aromatic nitrogens is 3. The van der Waals surface area contributed by atoms with E-state index in [4.69, 9.17) is 4.74 Å². The third-order valence-electron chi connectivity index (χ3n) is 6.06. The summed E-state index contributed by atoms with van der Waals surface area (Å²) in [6.07, 6.45) is 2.90. The predicted octanol–water partition coefficient (Wildman–Crippen LogP) is 4.94. The van der Waals surface area contributed by atoms with Gasteiger partial charge < -0.3 is 9.72 Å². The van der Waals surface area contributed by atoms with Crippen LogP contribution in [-0.2, 0) is 14.8 Å². The van der Waals surface area contributed by atoms with Crippen molar-refractivity contribution in [3.8, 4) is 22.5 Å². The van der Waals surface area contributed by atoms with Crippen LogP contribution in [0, 0.1) is 17.0 Å². The van der Waals surface area contributed by atoms with E-state index in [0.29, 0.717) is 33.5 Å². The number of H-pyrrole nitrogens is 1. The maximum atomic E-state index is 13.2. The van der Waals surface area contributed by atoms with Gasteiger partial charge in [0.05, 0.1) is 28.2 Å². The molecule has 2 aromatic carbocycles. The van der Waals surface area contributed by atoms with Crippen LogP contribution in [0.3, 0.4) is 0 Å². The molecule has 0 spiro atoms. The second-order valence-electron chi connectivity index (χ2n) is 8.25. The SMILES string of the molecule is COC(=O)c1cc(-c2ccnc3c2ccn3S(=O)(=O)c2ccccc2)[nH]c1-c1ccc(C)c([N+](=O)[O-])c1. The monoisotopic (exact) mass is 516 g/mol. The van der Waals surface area contributed by atoms with E-state index >= 15 is 0 Å². The highest BCUT2D eigenvalue weighted by molar-refractivity contribution is 7.90. The average molecular weight is 517 g/mol. The Morgan fingerprint density at radius 2 is 1.84 bits per heavy atom. The summed E-state index contributed by atoms with van der Waals surface area (Å²) in [6, 6.07) is 17.6. The van der Waals surface area contributed by atoms with Gasteiger partial charge in [0.2, 0.25) is 0 Å². The van der Waals surface area contributed by atoms with Crippen molar-refractivity contribution in [3.05, 3.63) is 100 Å². The van der Waals surface area contributed by atoms with Crippen LogP contribution in [0.4, 0.5) is 5.69 Å². The van der Waals surface area contributed by atoms with Crippen LogP contribution in [0.2, 0.25) is 0 Å². The number of fused-ring (bicyclic) bond motifs is 1. The number of esters is 1. The molecule has 0 amide bonds. The van der Waals surface area contributed by atoms with Crippen molar-refractivity contribution in [2.45, 2.75) is 11.8 Å². The van der Waals surface area contributed by atoms with E-state index in [0.717, 1.165) is 3.97 Å². The van der Waals surface area contributed by atoms with E-state index in [1.165, 1.54) is 37.7 Å². The highest BCUT2D eigenvalue weighted by atomic mass is 32.2. The molecule has 0 radical (unpaired) electrons. The minimum absolute atomic E-state index is 0.0843. The number of aryl methyl sites for hydroxylation is 1. The first-order valence-corrected chi connectivity index (χ1v) is 12.5. The molecule has 5 aromatic rings. The number of aromatic amines is 1. The number of pyridine rings is 1. The van der Waals surface area contributed by atoms with E-state index < -0.39 is 20.9 Å². The highest BCUT2D eigenvalue weighted by Crippen LogP contribution is 2.35. The number of carbonyl (C=O) groups is 1. The lowest BCUT2D eigenvalue weighted by Gasteiger charge is -2.07. The van der Waals surface area contributed by atoms with Crippen LogP contribution in [0.5, 0.6) is 0 Å². The fraction of sp³-hybridized carbons (Fsp3) is 0.0769. The number of nitro groups is 1. The Morgan fingerprint density at radius 3 is 2.54 bits per heavy atom. The van der Waals surface area contributed by atoms with Crippen molar-refractivity contribution < 1.29 is 22.9 Å². The predicted molar refractivity (Wildman–Crippen MR) is 137 cm³/mol. The molecule has 0 saturated carbocycles. The average Bonchev–Trinajstić information content (AvgIpc) is 3.54. The van der Waals surface area contributed by atoms with Gasteiger partial charge >= 0.3 is 5.97 Å². The number of nitro benzene ring substituents is 1. The van der Waals surface area contributed by atoms with E-state index in [9.17, 15) is 23.3 Å². The fourth-order valence-corrected chi connectivity index (χ4v) is 5.53. The van der Waals surface area contributed by atoms with Crippen molar-refractivity contribution in [1.29, 1.82) is 0 Å². The minimum atomic E-state index is -3.90. The maximum absolute atomic E-state index is 13.2. The van der Waals surface area contributed by atoms with Crippen molar-refractivity contribution in [2.24, 2.45) is 0 Å². The van der Waals surface area contributed by atoms with Gasteiger partial charge in [-0.15, -0.1) is 0 Å². The first-order valence-electron chi connectivity index (χ1n) is 11.1. The molecule has 186 valence electrons. The molecular formula is C26H20N4O6S. The molecule has 11 heteroatoms. The molecule has 0 fully saturated rings. The van der Waals surface area contributed by atoms with Crippen molar-refractivity contribution >= 4 is 32.7 Å². The quantitative estimate of drug-likeness (QED) is 0.192. The van der Waals surface area contributed by atoms with Crippen LogP contribution in [0.25, 0.3) is 33.5 Å². The van der Waals surface area contributed by atoms with Gasteiger partial charge in [0, 0.05) is 46.2 Å². The first-order chi connectivity index (χ1) is 17.7. The summed E-state index contributed by atoms with van der Waals surface area (Å²) in [7, 11) is -2.65. The summed E-state index contributed by atoms with van der Waals surface area (Å²) in [5.74, 6) is -0.629. The van der Waals surface area contributed by atoms with Gasteiger partial charge in [-0.3, -0.25) is 10.1 Å². The Hall–Kier alpha value is -4.77. The zero-order valence-corrected chi connectivity index (χ0v) is 20.5. The number of methoxy groups -OCH3 is 1. The third-order valence-corrected chi connectivity index (χ3v) is 7.74. The van der Waals surface area contributed by atoms with Crippen LogP contribution >= 0.6 is 0 Å². The molecule has 0 aliphatic carbocycles. The lowest BCUT2D eigenvalue weighted by atomic mass is 10.0. The molecular weight excluding hydrogens is 496 g/mol. The largest absolute Gasteiger partial charge is 0.465 e. The zero-order chi connectivity index (χ0) is 26.3. The first kappa shape index (κ1) is 23.9. The second kappa shape index (κ2) is 9.03. The lowest BCUT2D eigenvalue weighted by Crippen LogP contribution is -2.12. The number of hydrogen-bond donors (Lipinski definition) is 1. The smallest absolute Gasteiger partial charge is 0.340 e. The summed E-state index contributed by atoms with van der Waals surface area (Å²) >= 11 is 0. The van der Waals surface area contributed by atoms with Crippen LogP contribution < -0.4 is 0 Å². The molecule has 0 unspecified atom stereocenters. The van der Waals surface area contributed by atoms with Crippen molar-refractivity contribution in [2.75, 3.05) is 7.11 Å².